The Hall–Kier alpha value is -3.18. The molecule has 3 rings (SSSR count). The molecule has 178 valence electrons. The van der Waals surface area contributed by atoms with Crippen LogP contribution >= 0.6 is 0 Å². The molecule has 2 heterocycles. The molecule has 10 nitrogen and oxygen atoms in total. The quantitative estimate of drug-likeness (QED) is 0.540. The Labute approximate surface area is 194 Å². The second kappa shape index (κ2) is 9.36. The van der Waals surface area contributed by atoms with E-state index in [4.69, 9.17) is 4.74 Å². The molecule has 0 unspecified atom stereocenters. The van der Waals surface area contributed by atoms with E-state index in [1.165, 1.54) is 0 Å². The predicted molar refractivity (Wildman–Crippen MR) is 128 cm³/mol. The largest absolute Gasteiger partial charge is 0.443 e. The van der Waals surface area contributed by atoms with Crippen LogP contribution in [0.1, 0.15) is 38.8 Å². The lowest BCUT2D eigenvalue weighted by molar-refractivity contribution is 0.0569. The molecule has 0 bridgehead atoms. The van der Waals surface area contributed by atoms with Gasteiger partial charge in [0.2, 0.25) is 0 Å². The van der Waals surface area contributed by atoms with Crippen LogP contribution in [0, 0.1) is 0 Å². The lowest BCUT2D eigenvalue weighted by Crippen LogP contribution is -2.42. The smallest absolute Gasteiger partial charge is 0.422 e. The third kappa shape index (κ3) is 6.20. The van der Waals surface area contributed by atoms with Crippen LogP contribution in [0.15, 0.2) is 36.8 Å². The predicted octanol–water partition coefficient (Wildman–Crippen LogP) is 3.16. The summed E-state index contributed by atoms with van der Waals surface area (Å²) >= 11 is 0. The number of anilines is 2. The van der Waals surface area contributed by atoms with E-state index in [-0.39, 0.29) is 6.54 Å². The highest BCUT2D eigenvalue weighted by Gasteiger charge is 2.21. The van der Waals surface area contributed by atoms with Crippen LogP contribution in [-0.2, 0) is 35.0 Å². The molecule has 0 aliphatic carbocycles. The van der Waals surface area contributed by atoms with Gasteiger partial charge < -0.3 is 14.2 Å². The van der Waals surface area contributed by atoms with Crippen LogP contribution < -0.4 is 14.3 Å². The van der Waals surface area contributed by atoms with Crippen molar-refractivity contribution in [3.63, 3.8) is 0 Å². The number of rotatable bonds is 7. The molecule has 0 aliphatic heterocycles. The number of nitrogens with zero attached hydrogens (tertiary/aromatic N) is 4. The van der Waals surface area contributed by atoms with Gasteiger partial charge in [-0.05, 0) is 44.4 Å². The van der Waals surface area contributed by atoms with Crippen molar-refractivity contribution in [2.75, 3.05) is 11.9 Å². The summed E-state index contributed by atoms with van der Waals surface area (Å²) in [5.41, 5.74) is 3.76. The SMILES string of the molecule is CCc1cc(CNS(=O)(=O)NC(=O)OC(C)(C)C)ccc1N(C)c1cc2c(cn1)ncn2C. The first-order valence-corrected chi connectivity index (χ1v) is 12.0. The molecule has 2 N–H and O–H groups in total. The number of benzene rings is 1. The molecule has 0 fully saturated rings. The fraction of sp³-hybridized carbons (Fsp3) is 0.409. The van der Waals surface area contributed by atoms with E-state index in [0.29, 0.717) is 0 Å². The number of amides is 1. The topological polar surface area (TPSA) is 118 Å². The van der Waals surface area contributed by atoms with E-state index >= 15 is 0 Å². The van der Waals surface area contributed by atoms with Gasteiger partial charge in [-0.15, -0.1) is 0 Å². The number of fused-ring (bicyclic) bond motifs is 1. The molecule has 0 spiro atoms. The van der Waals surface area contributed by atoms with Crippen molar-refractivity contribution in [3.05, 3.63) is 47.9 Å². The Morgan fingerprint density at radius 1 is 1.21 bits per heavy atom. The highest BCUT2D eigenvalue weighted by molar-refractivity contribution is 7.88. The van der Waals surface area contributed by atoms with Crippen LogP contribution in [0.5, 0.6) is 0 Å². The van der Waals surface area contributed by atoms with Crippen LogP contribution in [0.2, 0.25) is 0 Å². The highest BCUT2D eigenvalue weighted by Crippen LogP contribution is 2.28. The number of carbonyl (C=O) groups is 1. The molecular weight excluding hydrogens is 444 g/mol. The van der Waals surface area contributed by atoms with Crippen molar-refractivity contribution in [2.24, 2.45) is 7.05 Å². The molecule has 1 aromatic carbocycles. The van der Waals surface area contributed by atoms with Crippen molar-refractivity contribution in [1.82, 2.24) is 24.0 Å². The maximum absolute atomic E-state index is 12.2. The van der Waals surface area contributed by atoms with Gasteiger partial charge >= 0.3 is 16.3 Å². The fourth-order valence-electron chi connectivity index (χ4n) is 3.31. The van der Waals surface area contributed by atoms with Gasteiger partial charge in [-0.25, -0.2) is 19.5 Å². The van der Waals surface area contributed by atoms with Crippen LogP contribution in [-0.4, -0.2) is 41.7 Å². The highest BCUT2D eigenvalue weighted by atomic mass is 32.2. The Morgan fingerprint density at radius 2 is 1.94 bits per heavy atom. The second-order valence-corrected chi connectivity index (χ2v) is 10.2. The lowest BCUT2D eigenvalue weighted by Gasteiger charge is -2.22. The molecule has 1 amide bonds. The average molecular weight is 475 g/mol. The minimum Gasteiger partial charge on any atom is -0.443 e. The summed E-state index contributed by atoms with van der Waals surface area (Å²) in [4.78, 5) is 22.6. The van der Waals surface area contributed by atoms with Crippen LogP contribution in [0.3, 0.4) is 0 Å². The maximum atomic E-state index is 12.2. The summed E-state index contributed by atoms with van der Waals surface area (Å²) in [5.74, 6) is 0.774. The minimum absolute atomic E-state index is 0.0222. The fourth-order valence-corrected chi connectivity index (χ4v) is 4.00. The third-order valence-corrected chi connectivity index (χ3v) is 5.87. The minimum atomic E-state index is -4.06. The summed E-state index contributed by atoms with van der Waals surface area (Å²) < 4.78 is 35.5. The van der Waals surface area contributed by atoms with E-state index in [0.717, 1.165) is 40.1 Å². The van der Waals surface area contributed by atoms with Crippen molar-refractivity contribution in [2.45, 2.75) is 46.3 Å². The van der Waals surface area contributed by atoms with E-state index in [1.807, 2.05) is 59.5 Å². The zero-order valence-corrected chi connectivity index (χ0v) is 20.5. The van der Waals surface area contributed by atoms with E-state index in [1.54, 1.807) is 33.3 Å². The molecule has 0 radical (unpaired) electrons. The van der Waals surface area contributed by atoms with Crippen molar-refractivity contribution >= 4 is 38.8 Å². The first-order chi connectivity index (χ1) is 15.4. The molecule has 0 aliphatic rings. The van der Waals surface area contributed by atoms with Gasteiger partial charge in [0, 0.05) is 32.4 Å². The number of hydrogen-bond acceptors (Lipinski definition) is 7. The van der Waals surface area contributed by atoms with Crippen molar-refractivity contribution < 1.29 is 17.9 Å². The number of aryl methyl sites for hydroxylation is 2. The Kier molecular flexibility index (Phi) is 6.94. The third-order valence-electron chi connectivity index (χ3n) is 4.91. The zero-order valence-electron chi connectivity index (χ0n) is 19.7. The molecule has 0 atom stereocenters. The normalized spacial score (nSPS) is 12.1. The summed E-state index contributed by atoms with van der Waals surface area (Å²) in [5, 5.41) is 0. The molecule has 0 saturated heterocycles. The number of pyridine rings is 1. The Bertz CT molecular complexity index is 1260. The van der Waals surface area contributed by atoms with Gasteiger partial charge in [0.05, 0.1) is 18.0 Å². The first-order valence-electron chi connectivity index (χ1n) is 10.5. The van der Waals surface area contributed by atoms with Gasteiger partial charge in [0.25, 0.3) is 0 Å². The average Bonchev–Trinajstić information content (AvgIpc) is 3.10. The number of hydrogen-bond donors (Lipinski definition) is 2. The van der Waals surface area contributed by atoms with E-state index in [9.17, 15) is 13.2 Å². The maximum Gasteiger partial charge on any atom is 0.422 e. The van der Waals surface area contributed by atoms with E-state index in [2.05, 4.69) is 14.7 Å². The lowest BCUT2D eigenvalue weighted by atomic mass is 10.1. The number of ether oxygens (including phenoxy) is 1. The monoisotopic (exact) mass is 474 g/mol. The van der Waals surface area contributed by atoms with Crippen LogP contribution in [0.4, 0.5) is 16.3 Å². The standard InChI is InChI=1S/C22H30N6O4S/c1-7-16-10-15(12-25-33(30,31)26-21(29)32-22(2,3)4)8-9-18(16)28(6)20-11-19-17(13-23-20)24-14-27(19)5/h8-11,13-14,25H,7,12H2,1-6H3,(H,26,29). The molecule has 2 aromatic heterocycles. The molecule has 11 heteroatoms. The van der Waals surface area contributed by atoms with Gasteiger partial charge in [-0.3, -0.25) is 0 Å². The molecular formula is C22H30N6O4S. The van der Waals surface area contributed by atoms with Crippen molar-refractivity contribution in [1.29, 1.82) is 0 Å². The number of imidazole rings is 1. The summed E-state index contributed by atoms with van der Waals surface area (Å²) in [6.45, 7) is 7.02. The summed E-state index contributed by atoms with van der Waals surface area (Å²) in [6.07, 6.45) is 3.21. The van der Waals surface area contributed by atoms with Gasteiger partial charge in [0.15, 0.2) is 0 Å². The van der Waals surface area contributed by atoms with Gasteiger partial charge in [0.1, 0.15) is 16.9 Å². The molecule has 3 aromatic rings. The zero-order chi connectivity index (χ0) is 24.4. The van der Waals surface area contributed by atoms with E-state index < -0.39 is 21.9 Å². The second-order valence-electron chi connectivity index (χ2n) is 8.69. The molecule has 33 heavy (non-hydrogen) atoms. The Morgan fingerprint density at radius 3 is 2.61 bits per heavy atom. The first kappa shape index (κ1) is 24.5. The van der Waals surface area contributed by atoms with Crippen LogP contribution in [0.25, 0.3) is 11.0 Å². The van der Waals surface area contributed by atoms with Crippen molar-refractivity contribution in [3.8, 4) is 0 Å². The number of nitrogens with one attached hydrogen (secondary N) is 2. The van der Waals surface area contributed by atoms with Gasteiger partial charge in [-0.1, -0.05) is 19.1 Å². The molecule has 0 saturated carbocycles. The number of carbonyl (C=O) groups excluding carboxylic acids is 1. The Balaban J connectivity index is 1.73. The summed E-state index contributed by atoms with van der Waals surface area (Å²) in [7, 11) is -0.192. The number of aromatic nitrogens is 3. The van der Waals surface area contributed by atoms with Gasteiger partial charge in [-0.2, -0.15) is 13.1 Å². The summed E-state index contributed by atoms with van der Waals surface area (Å²) in [6, 6.07) is 7.68.